The summed E-state index contributed by atoms with van der Waals surface area (Å²) in [6, 6.07) is 14.0. The molecule has 0 aliphatic carbocycles. The third kappa shape index (κ3) is 5.03. The molecule has 7 heteroatoms. The molecule has 1 amide bonds. The molecule has 2 aromatic carbocycles. The summed E-state index contributed by atoms with van der Waals surface area (Å²) >= 11 is 0. The Bertz CT molecular complexity index is 865. The first-order valence-corrected chi connectivity index (χ1v) is 8.41. The van der Waals surface area contributed by atoms with Crippen LogP contribution < -0.4 is 10.6 Å². The number of fused-ring (bicyclic) bond motifs is 1. The predicted molar refractivity (Wildman–Crippen MR) is 104 cm³/mol. The van der Waals surface area contributed by atoms with Crippen LogP contribution in [0.25, 0.3) is 10.8 Å². The third-order valence-corrected chi connectivity index (χ3v) is 4.13. The largest absolute Gasteiger partial charge is 0.352 e. The molecule has 1 heterocycles. The summed E-state index contributed by atoms with van der Waals surface area (Å²) < 4.78 is 5.22. The second kappa shape index (κ2) is 9.31. The fourth-order valence-corrected chi connectivity index (χ4v) is 2.57. The van der Waals surface area contributed by atoms with Gasteiger partial charge in [-0.1, -0.05) is 35.5 Å². The fourth-order valence-electron chi connectivity index (χ4n) is 2.57. The molecule has 0 saturated carbocycles. The lowest BCUT2D eigenvalue weighted by Crippen LogP contribution is -2.25. The Morgan fingerprint density at radius 2 is 1.96 bits per heavy atom. The Balaban J connectivity index is 0.00000243. The minimum Gasteiger partial charge on any atom is -0.352 e. The molecule has 1 atom stereocenters. The highest BCUT2D eigenvalue weighted by Gasteiger charge is 2.10. The number of halogens is 1. The van der Waals surface area contributed by atoms with E-state index in [1.165, 1.54) is 0 Å². The lowest BCUT2D eigenvalue weighted by Gasteiger charge is -2.05. The van der Waals surface area contributed by atoms with Crippen LogP contribution in [0.1, 0.15) is 29.0 Å². The standard InChI is InChI=1S/C19H22N4O2.ClH/c1-13(20-2)11-17-22-18(25-23-17)9-10-21-19(24)16-8-7-14-5-3-4-6-15(14)12-16;/h3-8,12-13,20H,9-11H2,1-2H3,(H,21,24);1H. The van der Waals surface area contributed by atoms with Gasteiger partial charge in [0.25, 0.3) is 5.91 Å². The van der Waals surface area contributed by atoms with E-state index in [9.17, 15) is 4.79 Å². The molecule has 138 valence electrons. The molecule has 6 nitrogen and oxygen atoms in total. The van der Waals surface area contributed by atoms with Gasteiger partial charge >= 0.3 is 0 Å². The van der Waals surface area contributed by atoms with Crippen LogP contribution in [0.4, 0.5) is 0 Å². The first-order valence-electron chi connectivity index (χ1n) is 8.41. The van der Waals surface area contributed by atoms with Crippen molar-refractivity contribution < 1.29 is 9.32 Å². The molecule has 0 aliphatic rings. The van der Waals surface area contributed by atoms with Gasteiger partial charge in [0, 0.05) is 31.0 Å². The summed E-state index contributed by atoms with van der Waals surface area (Å²) in [6.07, 6.45) is 1.23. The number of carbonyl (C=O) groups excluding carboxylic acids is 1. The van der Waals surface area contributed by atoms with E-state index in [2.05, 4.69) is 27.7 Å². The number of rotatable bonds is 7. The molecule has 0 spiro atoms. The Morgan fingerprint density at radius 1 is 1.19 bits per heavy atom. The average molecular weight is 375 g/mol. The van der Waals surface area contributed by atoms with Crippen LogP contribution in [0.3, 0.4) is 0 Å². The monoisotopic (exact) mass is 374 g/mol. The second-order valence-corrected chi connectivity index (χ2v) is 6.07. The van der Waals surface area contributed by atoms with Gasteiger partial charge in [-0.25, -0.2) is 0 Å². The first kappa shape index (κ1) is 19.9. The number of aromatic nitrogens is 2. The van der Waals surface area contributed by atoms with Crippen molar-refractivity contribution in [3.8, 4) is 0 Å². The zero-order chi connectivity index (χ0) is 17.6. The lowest BCUT2D eigenvalue weighted by atomic mass is 10.1. The lowest BCUT2D eigenvalue weighted by molar-refractivity contribution is 0.0953. The van der Waals surface area contributed by atoms with E-state index >= 15 is 0 Å². The van der Waals surface area contributed by atoms with Crippen LogP contribution in [0, 0.1) is 0 Å². The summed E-state index contributed by atoms with van der Waals surface area (Å²) in [5.74, 6) is 1.11. The van der Waals surface area contributed by atoms with Crippen molar-refractivity contribution >= 4 is 29.1 Å². The molecule has 2 N–H and O–H groups in total. The second-order valence-electron chi connectivity index (χ2n) is 6.07. The predicted octanol–water partition coefficient (Wildman–Crippen LogP) is 2.77. The van der Waals surface area contributed by atoms with Crippen LogP contribution in [-0.2, 0) is 12.8 Å². The van der Waals surface area contributed by atoms with Crippen LogP contribution >= 0.6 is 12.4 Å². The number of benzene rings is 2. The van der Waals surface area contributed by atoms with E-state index < -0.39 is 0 Å². The van der Waals surface area contributed by atoms with E-state index in [4.69, 9.17) is 4.52 Å². The molecular formula is C19H23ClN4O2. The van der Waals surface area contributed by atoms with Gasteiger partial charge < -0.3 is 15.2 Å². The van der Waals surface area contributed by atoms with Gasteiger partial charge in [0.2, 0.25) is 5.89 Å². The highest BCUT2D eigenvalue weighted by Crippen LogP contribution is 2.15. The van der Waals surface area contributed by atoms with E-state index in [0.29, 0.717) is 36.7 Å². The Hall–Kier alpha value is -2.44. The van der Waals surface area contributed by atoms with Crippen LogP contribution in [0.15, 0.2) is 47.0 Å². The number of hydrogen-bond acceptors (Lipinski definition) is 5. The minimum absolute atomic E-state index is 0. The molecule has 26 heavy (non-hydrogen) atoms. The average Bonchev–Trinajstić information content (AvgIpc) is 3.08. The van der Waals surface area contributed by atoms with Crippen molar-refractivity contribution in [3.63, 3.8) is 0 Å². The highest BCUT2D eigenvalue weighted by atomic mass is 35.5. The van der Waals surface area contributed by atoms with Crippen molar-refractivity contribution in [2.45, 2.75) is 25.8 Å². The van der Waals surface area contributed by atoms with Crippen molar-refractivity contribution in [3.05, 3.63) is 59.7 Å². The number of nitrogens with one attached hydrogen (secondary N) is 2. The molecular weight excluding hydrogens is 352 g/mol. The molecule has 0 bridgehead atoms. The van der Waals surface area contributed by atoms with E-state index in [0.717, 1.165) is 10.8 Å². The zero-order valence-corrected chi connectivity index (χ0v) is 15.7. The maximum absolute atomic E-state index is 12.3. The minimum atomic E-state index is -0.103. The zero-order valence-electron chi connectivity index (χ0n) is 14.9. The molecule has 3 aromatic rings. The molecule has 1 aromatic heterocycles. The van der Waals surface area contributed by atoms with Gasteiger partial charge in [-0.2, -0.15) is 4.98 Å². The van der Waals surface area contributed by atoms with Crippen LogP contribution in [0.2, 0.25) is 0 Å². The van der Waals surface area contributed by atoms with Crippen molar-refractivity contribution in [1.82, 2.24) is 20.8 Å². The fraction of sp³-hybridized carbons (Fsp3) is 0.316. The van der Waals surface area contributed by atoms with Crippen molar-refractivity contribution in [2.75, 3.05) is 13.6 Å². The Labute approximate surface area is 158 Å². The quantitative estimate of drug-likeness (QED) is 0.664. The van der Waals surface area contributed by atoms with E-state index in [-0.39, 0.29) is 24.4 Å². The summed E-state index contributed by atoms with van der Waals surface area (Å²) in [5.41, 5.74) is 0.646. The number of nitrogens with zero attached hydrogens (tertiary/aromatic N) is 2. The smallest absolute Gasteiger partial charge is 0.251 e. The van der Waals surface area contributed by atoms with Crippen LogP contribution in [-0.4, -0.2) is 35.7 Å². The number of likely N-dealkylation sites (N-methyl/N-ethyl adjacent to an activating group) is 1. The summed E-state index contributed by atoms with van der Waals surface area (Å²) in [4.78, 5) is 16.6. The van der Waals surface area contributed by atoms with Gasteiger partial charge in [0.15, 0.2) is 5.82 Å². The molecule has 0 saturated heterocycles. The topological polar surface area (TPSA) is 80.0 Å². The van der Waals surface area contributed by atoms with Gasteiger partial charge in [-0.05, 0) is 36.9 Å². The maximum atomic E-state index is 12.3. The van der Waals surface area contributed by atoms with E-state index in [1.54, 1.807) is 0 Å². The van der Waals surface area contributed by atoms with E-state index in [1.807, 2.05) is 49.5 Å². The van der Waals surface area contributed by atoms with Crippen LogP contribution in [0.5, 0.6) is 0 Å². The molecule has 0 radical (unpaired) electrons. The maximum Gasteiger partial charge on any atom is 0.251 e. The summed E-state index contributed by atoms with van der Waals surface area (Å²) in [7, 11) is 1.90. The first-order chi connectivity index (χ1) is 12.2. The Kier molecular flexibility index (Phi) is 7.12. The van der Waals surface area contributed by atoms with Gasteiger partial charge in [0.05, 0.1) is 0 Å². The van der Waals surface area contributed by atoms with Gasteiger partial charge in [-0.3, -0.25) is 4.79 Å². The SMILES string of the molecule is CNC(C)Cc1noc(CCNC(=O)c2ccc3ccccc3c2)n1.Cl. The normalized spacial score (nSPS) is 11.8. The number of carbonyl (C=O) groups is 1. The number of hydrogen-bond donors (Lipinski definition) is 2. The molecule has 0 aliphatic heterocycles. The van der Waals surface area contributed by atoms with Gasteiger partial charge in [-0.15, -0.1) is 12.4 Å². The van der Waals surface area contributed by atoms with Crippen molar-refractivity contribution in [1.29, 1.82) is 0 Å². The van der Waals surface area contributed by atoms with Gasteiger partial charge in [0.1, 0.15) is 0 Å². The molecule has 3 rings (SSSR count). The molecule has 0 fully saturated rings. The molecule has 1 unspecified atom stereocenters. The highest BCUT2D eigenvalue weighted by molar-refractivity contribution is 5.98. The summed E-state index contributed by atoms with van der Waals surface area (Å²) in [6.45, 7) is 2.51. The summed E-state index contributed by atoms with van der Waals surface area (Å²) in [5, 5.41) is 12.2. The Morgan fingerprint density at radius 3 is 2.73 bits per heavy atom. The van der Waals surface area contributed by atoms with Crippen molar-refractivity contribution in [2.24, 2.45) is 0 Å². The number of amides is 1. The third-order valence-electron chi connectivity index (χ3n) is 4.13.